The average Bonchev–Trinajstić information content (AvgIpc) is 2.48. The van der Waals surface area contributed by atoms with Gasteiger partial charge in [0.05, 0.1) is 0 Å². The predicted molar refractivity (Wildman–Crippen MR) is 92.4 cm³/mol. The summed E-state index contributed by atoms with van der Waals surface area (Å²) >= 11 is 1.23. The number of hydrogen-bond donors (Lipinski definition) is 0. The fraction of sp³-hybridized carbons (Fsp3) is 0.600. The first kappa shape index (κ1) is 19.6. The second kappa shape index (κ2) is 11.1. The molecule has 21 heavy (non-hydrogen) atoms. The number of thioether (sulfide) groups is 1. The minimum atomic E-state index is -3.01. The van der Waals surface area contributed by atoms with Gasteiger partial charge >= 0.3 is 143 Å². The van der Waals surface area contributed by atoms with Gasteiger partial charge in [-0.05, 0) is 0 Å². The van der Waals surface area contributed by atoms with Crippen LogP contribution in [0.5, 0.6) is 0 Å². The molecular formula is C15H25O3PSTe. The fourth-order valence-corrected chi connectivity index (χ4v) is 12.1. The summed E-state index contributed by atoms with van der Waals surface area (Å²) in [6, 6.07) is 10.1. The molecule has 0 fully saturated rings. The van der Waals surface area contributed by atoms with Crippen LogP contribution in [0.2, 0.25) is 4.47 Å². The van der Waals surface area contributed by atoms with Crippen LogP contribution in [0.1, 0.15) is 33.6 Å². The monoisotopic (exact) mass is 446 g/mol. The molecule has 120 valence electrons. The Bertz CT molecular complexity index is 420. The summed E-state index contributed by atoms with van der Waals surface area (Å²) in [6.07, 6.45) is 2.38. The summed E-state index contributed by atoms with van der Waals surface area (Å²) < 4.78 is 25.4. The van der Waals surface area contributed by atoms with Crippen LogP contribution in [0.15, 0.2) is 35.2 Å². The van der Waals surface area contributed by atoms with E-state index in [9.17, 15) is 4.57 Å². The SMILES string of the molecule is CCCC[Te]C(Sc1ccccc1)P(=O)(OCC)OCC. The van der Waals surface area contributed by atoms with Gasteiger partial charge in [-0.1, -0.05) is 0 Å². The topological polar surface area (TPSA) is 35.5 Å². The molecule has 6 heteroatoms. The Morgan fingerprint density at radius 3 is 2.29 bits per heavy atom. The van der Waals surface area contributed by atoms with Crippen LogP contribution in [0.4, 0.5) is 0 Å². The molecule has 1 rings (SSSR count). The Morgan fingerprint density at radius 2 is 1.76 bits per heavy atom. The summed E-state index contributed by atoms with van der Waals surface area (Å²) in [7, 11) is -3.01. The maximum absolute atomic E-state index is 13.1. The van der Waals surface area contributed by atoms with Crippen LogP contribution < -0.4 is 0 Å². The zero-order valence-corrected chi connectivity index (χ0v) is 17.0. The number of benzene rings is 1. The Kier molecular flexibility index (Phi) is 10.3. The molecule has 1 atom stereocenters. The molecular weight excluding hydrogens is 419 g/mol. The van der Waals surface area contributed by atoms with Crippen LogP contribution in [0, 0.1) is 0 Å². The summed E-state index contributed by atoms with van der Waals surface area (Å²) in [5.41, 5.74) is 0. The van der Waals surface area contributed by atoms with Crippen molar-refractivity contribution in [3.05, 3.63) is 30.3 Å². The molecule has 0 aliphatic rings. The molecule has 1 aromatic rings. The number of hydrogen-bond acceptors (Lipinski definition) is 4. The Morgan fingerprint density at radius 1 is 1.14 bits per heavy atom. The van der Waals surface area contributed by atoms with E-state index in [-0.39, 0.29) is 3.04 Å². The van der Waals surface area contributed by atoms with Crippen LogP contribution in [0.3, 0.4) is 0 Å². The van der Waals surface area contributed by atoms with Crippen LogP contribution in [-0.4, -0.2) is 37.2 Å². The number of unbranched alkanes of at least 4 members (excludes halogenated alkanes) is 1. The van der Waals surface area contributed by atoms with E-state index in [1.807, 2.05) is 32.0 Å². The van der Waals surface area contributed by atoms with Gasteiger partial charge in [-0.2, -0.15) is 0 Å². The van der Waals surface area contributed by atoms with E-state index >= 15 is 0 Å². The van der Waals surface area contributed by atoms with Crippen LogP contribution in [0.25, 0.3) is 0 Å². The van der Waals surface area contributed by atoms with Gasteiger partial charge in [0.1, 0.15) is 0 Å². The summed E-state index contributed by atoms with van der Waals surface area (Å²) in [6.45, 7) is 6.82. The fourth-order valence-electron chi connectivity index (χ4n) is 1.65. The second-order valence-electron chi connectivity index (χ2n) is 4.34. The van der Waals surface area contributed by atoms with E-state index in [4.69, 9.17) is 9.05 Å². The quantitative estimate of drug-likeness (QED) is 0.202. The van der Waals surface area contributed by atoms with Gasteiger partial charge in [-0.25, -0.2) is 0 Å². The molecule has 0 heterocycles. The molecule has 0 bridgehead atoms. The zero-order chi connectivity index (χ0) is 15.6. The number of rotatable bonds is 11. The van der Waals surface area contributed by atoms with Gasteiger partial charge in [-0.3, -0.25) is 0 Å². The molecule has 0 N–H and O–H groups in total. The van der Waals surface area contributed by atoms with Gasteiger partial charge in [0.15, 0.2) is 0 Å². The van der Waals surface area contributed by atoms with E-state index in [0.717, 1.165) is 4.90 Å². The second-order valence-corrected chi connectivity index (χ2v) is 13.5. The van der Waals surface area contributed by atoms with Crippen molar-refractivity contribution in [2.24, 2.45) is 0 Å². The van der Waals surface area contributed by atoms with Crippen molar-refractivity contribution in [1.82, 2.24) is 0 Å². The Labute approximate surface area is 143 Å². The molecule has 0 aromatic heterocycles. The van der Waals surface area contributed by atoms with Crippen molar-refractivity contribution in [2.75, 3.05) is 13.2 Å². The van der Waals surface area contributed by atoms with Crippen molar-refractivity contribution in [3.8, 4) is 0 Å². The van der Waals surface area contributed by atoms with E-state index in [0.29, 0.717) is 13.2 Å². The Balaban J connectivity index is 2.85. The van der Waals surface area contributed by atoms with Gasteiger partial charge in [0.25, 0.3) is 0 Å². The molecule has 0 amide bonds. The molecule has 3 nitrogen and oxygen atoms in total. The third kappa shape index (κ3) is 7.08. The van der Waals surface area contributed by atoms with Crippen molar-refractivity contribution in [1.29, 1.82) is 0 Å². The summed E-state index contributed by atoms with van der Waals surface area (Å²) in [5.74, 6) is 0. The third-order valence-corrected chi connectivity index (χ3v) is 13.5. The first-order chi connectivity index (χ1) is 10.2. The molecule has 0 saturated carbocycles. The molecule has 0 saturated heterocycles. The zero-order valence-electron chi connectivity index (χ0n) is 13.0. The summed E-state index contributed by atoms with van der Waals surface area (Å²) in [4.78, 5) is 1.14. The minimum absolute atomic E-state index is 0.00301. The van der Waals surface area contributed by atoms with E-state index in [1.165, 1.54) is 17.3 Å². The van der Waals surface area contributed by atoms with E-state index in [1.54, 1.807) is 11.8 Å². The van der Waals surface area contributed by atoms with Crippen molar-refractivity contribution >= 4 is 40.3 Å². The van der Waals surface area contributed by atoms with Gasteiger partial charge in [0, 0.05) is 0 Å². The average molecular weight is 444 g/mol. The van der Waals surface area contributed by atoms with Crippen LogP contribution in [-0.2, 0) is 13.6 Å². The van der Waals surface area contributed by atoms with E-state index < -0.39 is 28.5 Å². The molecule has 0 aliphatic heterocycles. The normalized spacial score (nSPS) is 13.3. The third-order valence-electron chi connectivity index (χ3n) is 2.61. The van der Waals surface area contributed by atoms with E-state index in [2.05, 4.69) is 19.1 Å². The Hall–Kier alpha value is 0.510. The molecule has 1 aromatic carbocycles. The first-order valence-corrected chi connectivity index (χ1v) is 12.9. The van der Waals surface area contributed by atoms with Gasteiger partial charge in [-0.15, -0.1) is 0 Å². The van der Waals surface area contributed by atoms with Crippen molar-refractivity contribution in [2.45, 2.75) is 46.0 Å². The van der Waals surface area contributed by atoms with Crippen LogP contribution >= 0.6 is 19.4 Å². The predicted octanol–water partition coefficient (Wildman–Crippen LogP) is 5.25. The van der Waals surface area contributed by atoms with Crippen molar-refractivity contribution in [3.63, 3.8) is 0 Å². The molecule has 0 spiro atoms. The molecule has 1 unspecified atom stereocenters. The molecule has 0 radical (unpaired) electrons. The molecule has 0 aliphatic carbocycles. The van der Waals surface area contributed by atoms with Gasteiger partial charge < -0.3 is 0 Å². The maximum atomic E-state index is 13.1. The van der Waals surface area contributed by atoms with Crippen molar-refractivity contribution < 1.29 is 13.6 Å². The summed E-state index contributed by atoms with van der Waals surface area (Å²) in [5, 5.41) is 0. The van der Waals surface area contributed by atoms with Gasteiger partial charge in [0.2, 0.25) is 0 Å². The standard InChI is InChI=1S/C15H25O3PSTe/c1-4-7-13-21-15(19(16,17-5-2)18-6-3)20-14-11-9-8-10-12-14/h8-12,15H,4-7,13H2,1-3H3. The first-order valence-electron chi connectivity index (χ1n) is 7.38.